The summed E-state index contributed by atoms with van der Waals surface area (Å²) in [5.41, 5.74) is -0.712. The minimum atomic E-state index is -0.660. The Morgan fingerprint density at radius 1 is 1.03 bits per heavy atom. The molecule has 0 heterocycles. The van der Waals surface area contributed by atoms with E-state index in [9.17, 15) is 19.6 Å². The number of ketones is 2. The zero-order chi connectivity index (χ0) is 27.4. The standard InChI is InChI=1S/C32H43N2O3.Li/c1-19(35)34-32-13-11-27(2,3)17-21(32)25-22(36)15-24-29(6)16-20(18-33)26(37)28(4,5)23(29)9-10-30(24,7)31(25,8)12-14-32;/h15-16,23,25H,9-14,17H2,1-8H3,(H,34,35);/q-1;+1/t23?,25-,29-,30+,31+,32-;/m0./s1. The molecule has 0 spiro atoms. The zero-order valence-electron chi connectivity index (χ0n) is 24.9. The van der Waals surface area contributed by atoms with Gasteiger partial charge in [0.1, 0.15) is 11.9 Å². The van der Waals surface area contributed by atoms with Crippen LogP contribution < -0.4 is 24.2 Å². The molecule has 200 valence electrons. The molecule has 1 N–H and O–H groups in total. The third kappa shape index (κ3) is 3.65. The molecule has 6 atom stereocenters. The van der Waals surface area contributed by atoms with Gasteiger partial charge >= 0.3 is 18.9 Å². The van der Waals surface area contributed by atoms with Crippen LogP contribution in [0.1, 0.15) is 100 Å². The largest absolute Gasteiger partial charge is 1.00 e. The molecule has 0 radical (unpaired) electrons. The Morgan fingerprint density at radius 3 is 2.26 bits per heavy atom. The second-order valence-electron chi connectivity index (χ2n) is 14.9. The Hall–Kier alpha value is -1.62. The Kier molecular flexibility index (Phi) is 6.71. The van der Waals surface area contributed by atoms with Gasteiger partial charge in [0.2, 0.25) is 5.91 Å². The molecule has 0 aromatic heterocycles. The quantitative estimate of drug-likeness (QED) is 0.434. The summed E-state index contributed by atoms with van der Waals surface area (Å²) >= 11 is 0. The number of fused-ring (bicyclic) bond motifs is 7. The number of nitrogens with zero attached hydrogens (tertiary/aromatic N) is 1. The van der Waals surface area contributed by atoms with Crippen molar-refractivity contribution in [2.24, 2.45) is 38.9 Å². The van der Waals surface area contributed by atoms with Gasteiger partial charge in [-0.1, -0.05) is 96.2 Å². The first-order chi connectivity index (χ1) is 17.0. The van der Waals surface area contributed by atoms with E-state index in [-0.39, 0.29) is 70.0 Å². The van der Waals surface area contributed by atoms with E-state index in [0.717, 1.165) is 50.5 Å². The molecular weight excluding hydrogens is 467 g/mol. The van der Waals surface area contributed by atoms with Crippen molar-refractivity contribution in [3.63, 3.8) is 0 Å². The van der Waals surface area contributed by atoms with E-state index in [4.69, 9.17) is 0 Å². The molecule has 0 bridgehead atoms. The van der Waals surface area contributed by atoms with Crippen LogP contribution in [-0.4, -0.2) is 23.0 Å². The van der Waals surface area contributed by atoms with Crippen molar-refractivity contribution in [2.75, 3.05) is 0 Å². The molecule has 0 aromatic carbocycles. The summed E-state index contributed by atoms with van der Waals surface area (Å²) in [5, 5.41) is 13.2. The normalized spacial score (nSPS) is 43.0. The predicted molar refractivity (Wildman–Crippen MR) is 143 cm³/mol. The fraction of sp³-hybridized carbons (Fsp3) is 0.719. The average molecular weight is 511 g/mol. The molecule has 5 rings (SSSR count). The molecule has 6 heteroatoms. The Balaban J connectivity index is 0.00000336. The van der Waals surface area contributed by atoms with Crippen molar-refractivity contribution in [3.05, 3.63) is 29.2 Å². The molecular formula is C32H43LiN2O3. The van der Waals surface area contributed by atoms with E-state index in [2.05, 4.69) is 46.0 Å². The van der Waals surface area contributed by atoms with Gasteiger partial charge in [0, 0.05) is 17.8 Å². The summed E-state index contributed by atoms with van der Waals surface area (Å²) in [7, 11) is 0. The maximum absolute atomic E-state index is 14.4. The van der Waals surface area contributed by atoms with Crippen molar-refractivity contribution in [3.8, 4) is 6.07 Å². The van der Waals surface area contributed by atoms with Crippen LogP contribution >= 0.6 is 0 Å². The van der Waals surface area contributed by atoms with Crippen molar-refractivity contribution >= 4 is 17.5 Å². The van der Waals surface area contributed by atoms with Crippen LogP contribution in [0, 0.1) is 56.2 Å². The minimum absolute atomic E-state index is 0. The van der Waals surface area contributed by atoms with Gasteiger partial charge in [0.25, 0.3) is 0 Å². The summed E-state index contributed by atoms with van der Waals surface area (Å²) in [5.74, 6) is 1.07. The molecule has 0 aliphatic heterocycles. The van der Waals surface area contributed by atoms with Gasteiger partial charge in [0.05, 0.1) is 5.57 Å². The Labute approximate surface area is 240 Å². The zero-order valence-corrected chi connectivity index (χ0v) is 24.9. The number of hydrogen-bond acceptors (Lipinski definition) is 4. The van der Waals surface area contributed by atoms with E-state index < -0.39 is 16.4 Å². The fourth-order valence-electron chi connectivity index (χ4n) is 9.80. The number of allylic oxidation sites excluding steroid dienone is 4. The van der Waals surface area contributed by atoms with Crippen LogP contribution in [0.4, 0.5) is 0 Å². The summed E-state index contributed by atoms with van der Waals surface area (Å²) in [4.78, 5) is 40.0. The molecule has 1 unspecified atom stereocenters. The van der Waals surface area contributed by atoms with Gasteiger partial charge in [-0.15, -0.1) is 0 Å². The first-order valence-electron chi connectivity index (χ1n) is 14.1. The van der Waals surface area contributed by atoms with Gasteiger partial charge in [-0.05, 0) is 42.1 Å². The van der Waals surface area contributed by atoms with Crippen LogP contribution in [0.15, 0.2) is 23.3 Å². The molecule has 5 nitrogen and oxygen atoms in total. The van der Waals surface area contributed by atoms with Crippen LogP contribution in [0.5, 0.6) is 0 Å². The minimum Gasteiger partial charge on any atom is -0.380 e. The Morgan fingerprint density at radius 2 is 1.66 bits per heavy atom. The number of amides is 1. The summed E-state index contributed by atoms with van der Waals surface area (Å²) in [6, 6.07) is 2.18. The predicted octanol–water partition coefficient (Wildman–Crippen LogP) is 3.06. The van der Waals surface area contributed by atoms with E-state index in [0.29, 0.717) is 0 Å². The van der Waals surface area contributed by atoms with Gasteiger partial charge < -0.3 is 5.32 Å². The van der Waals surface area contributed by atoms with E-state index in [1.165, 1.54) is 5.92 Å². The number of carbonyl (C=O) groups excluding carboxylic acids is 3. The fourth-order valence-corrected chi connectivity index (χ4v) is 9.80. The molecule has 5 aliphatic carbocycles. The molecule has 0 saturated heterocycles. The number of Topliss-reactive ketones (excluding diaryl/α,β-unsaturated/α-hetero) is 1. The van der Waals surface area contributed by atoms with Crippen LogP contribution in [-0.2, 0) is 14.4 Å². The average Bonchev–Trinajstić information content (AvgIpc) is 2.78. The van der Waals surface area contributed by atoms with Gasteiger partial charge in [-0.2, -0.15) is 11.7 Å². The van der Waals surface area contributed by atoms with Crippen molar-refractivity contribution in [2.45, 2.75) is 106 Å². The smallest absolute Gasteiger partial charge is 0.380 e. The SMILES string of the molecule is CC(=O)N[C@]12CCC(C)(C)C[C-]1[C@H]1C(=O)C=C3[C@@]4(C)C=C(C#N)C(=O)C(C)(C)C4CC[C@@]3(C)[C@]1(C)CC2.[Li+]. The summed E-state index contributed by atoms with van der Waals surface area (Å²) in [6.45, 7) is 16.9. The third-order valence-electron chi connectivity index (χ3n) is 11.9. The van der Waals surface area contributed by atoms with Crippen molar-refractivity contribution in [1.29, 1.82) is 5.26 Å². The number of carbonyl (C=O) groups is 3. The third-order valence-corrected chi connectivity index (χ3v) is 11.9. The number of nitrogens with one attached hydrogen (secondary N) is 1. The molecule has 38 heavy (non-hydrogen) atoms. The van der Waals surface area contributed by atoms with Crippen LogP contribution in [0.25, 0.3) is 0 Å². The Bertz CT molecular complexity index is 1210. The number of hydrogen-bond donors (Lipinski definition) is 1. The number of rotatable bonds is 1. The molecule has 1 amide bonds. The van der Waals surface area contributed by atoms with E-state index in [1.54, 1.807) is 6.92 Å². The molecule has 3 fully saturated rings. The first kappa shape index (κ1) is 29.4. The summed E-state index contributed by atoms with van der Waals surface area (Å²) < 4.78 is 0. The molecule has 3 saturated carbocycles. The van der Waals surface area contributed by atoms with Gasteiger partial charge in [0.15, 0.2) is 5.78 Å². The first-order valence-corrected chi connectivity index (χ1v) is 14.1. The number of nitriles is 1. The monoisotopic (exact) mass is 510 g/mol. The van der Waals surface area contributed by atoms with Crippen LogP contribution in [0.3, 0.4) is 0 Å². The maximum atomic E-state index is 14.4. The van der Waals surface area contributed by atoms with Crippen molar-refractivity contribution < 1.29 is 33.2 Å². The summed E-state index contributed by atoms with van der Waals surface area (Å²) in [6.07, 6.45) is 10.1. The van der Waals surface area contributed by atoms with Crippen molar-refractivity contribution in [1.82, 2.24) is 5.32 Å². The maximum Gasteiger partial charge on any atom is 1.00 e. The van der Waals surface area contributed by atoms with Crippen LogP contribution in [0.2, 0.25) is 0 Å². The molecule has 0 aromatic rings. The van der Waals surface area contributed by atoms with E-state index >= 15 is 0 Å². The molecule has 5 aliphatic rings. The second-order valence-corrected chi connectivity index (χ2v) is 14.9. The second kappa shape index (κ2) is 8.69. The van der Waals surface area contributed by atoms with Gasteiger partial charge in [-0.25, -0.2) is 0 Å². The topological polar surface area (TPSA) is 87.0 Å². The van der Waals surface area contributed by atoms with Gasteiger partial charge in [-0.3, -0.25) is 20.3 Å². The van der Waals surface area contributed by atoms with E-state index in [1.807, 2.05) is 26.0 Å².